The summed E-state index contributed by atoms with van der Waals surface area (Å²) in [7, 11) is 0. The Hall–Kier alpha value is -0.890. The Balaban J connectivity index is 2.69. The lowest BCUT2D eigenvalue weighted by atomic mass is 10.1. The van der Waals surface area contributed by atoms with Gasteiger partial charge in [-0.3, -0.25) is 0 Å². The second-order valence-corrected chi connectivity index (χ2v) is 4.98. The van der Waals surface area contributed by atoms with E-state index in [1.807, 2.05) is 25.2 Å². The molecule has 0 aromatic heterocycles. The molecule has 0 bridgehead atoms. The van der Waals surface area contributed by atoms with Gasteiger partial charge in [-0.2, -0.15) is 0 Å². The molecule has 0 amide bonds. The fourth-order valence-electron chi connectivity index (χ4n) is 1.22. The molecule has 1 aliphatic rings. The highest BCUT2D eigenvalue weighted by atomic mass is 32.2. The predicted molar refractivity (Wildman–Crippen MR) is 64.4 cm³/mol. The summed E-state index contributed by atoms with van der Waals surface area (Å²) in [6, 6.07) is 0. The van der Waals surface area contributed by atoms with Crippen LogP contribution >= 0.6 is 11.8 Å². The van der Waals surface area contributed by atoms with Gasteiger partial charge in [-0.1, -0.05) is 37.8 Å². The van der Waals surface area contributed by atoms with Crippen LogP contribution in [-0.4, -0.2) is 9.85 Å². The molecule has 1 aliphatic heterocycles. The lowest BCUT2D eigenvalue weighted by molar-refractivity contribution is 0.381. The highest BCUT2D eigenvalue weighted by molar-refractivity contribution is 8.05. The van der Waals surface area contributed by atoms with Crippen LogP contribution in [0.3, 0.4) is 0 Å². The molecular weight excluding hydrogens is 192 g/mol. The van der Waals surface area contributed by atoms with E-state index < -0.39 is 0 Å². The van der Waals surface area contributed by atoms with Crippen molar-refractivity contribution in [1.82, 2.24) is 0 Å². The van der Waals surface area contributed by atoms with E-state index in [1.165, 1.54) is 0 Å². The van der Waals surface area contributed by atoms with Crippen LogP contribution in [0.15, 0.2) is 47.6 Å². The minimum atomic E-state index is -0.324. The van der Waals surface area contributed by atoms with Crippen LogP contribution in [0.1, 0.15) is 20.3 Å². The van der Waals surface area contributed by atoms with Crippen LogP contribution in [0.5, 0.6) is 0 Å². The number of aliphatic hydroxyl groups is 1. The summed E-state index contributed by atoms with van der Waals surface area (Å²) in [6.07, 6.45) is 10.8. The third kappa shape index (κ3) is 2.55. The Morgan fingerprint density at radius 3 is 2.79 bits per heavy atom. The molecule has 1 N–H and O–H groups in total. The van der Waals surface area contributed by atoms with Crippen LogP contribution in [0, 0.1) is 0 Å². The maximum absolute atomic E-state index is 9.68. The van der Waals surface area contributed by atoms with Gasteiger partial charge in [0.15, 0.2) is 0 Å². The van der Waals surface area contributed by atoms with Crippen LogP contribution < -0.4 is 0 Å². The second kappa shape index (κ2) is 4.56. The zero-order chi connectivity index (χ0) is 10.6. The SMILES string of the molecule is C=C1C=C(O)[C@@](C)(/C=C/C=C/CC)S1. The molecule has 0 aliphatic carbocycles. The van der Waals surface area contributed by atoms with E-state index in [0.29, 0.717) is 5.76 Å². The molecule has 76 valence electrons. The molecule has 1 heterocycles. The largest absolute Gasteiger partial charge is 0.510 e. The fraction of sp³-hybridized carbons (Fsp3) is 0.333. The number of thioether (sulfide) groups is 1. The first-order chi connectivity index (χ1) is 6.58. The van der Waals surface area contributed by atoms with Crippen molar-refractivity contribution in [1.29, 1.82) is 0 Å². The summed E-state index contributed by atoms with van der Waals surface area (Å²) in [5.74, 6) is 0.383. The number of hydrogen-bond acceptors (Lipinski definition) is 2. The fourth-order valence-corrected chi connectivity index (χ4v) is 2.25. The number of allylic oxidation sites excluding steroid dienone is 4. The lowest BCUT2D eigenvalue weighted by Crippen LogP contribution is -2.15. The standard InChI is InChI=1S/C12H16OS/c1-4-5-6-7-8-12(3)11(13)9-10(2)14-12/h5-9,13H,2,4H2,1,3H3/b6-5+,8-7+/t12-/m1/s1. The summed E-state index contributed by atoms with van der Waals surface area (Å²) >= 11 is 1.58. The van der Waals surface area contributed by atoms with Crippen LogP contribution in [0.4, 0.5) is 0 Å². The Morgan fingerprint density at radius 1 is 1.57 bits per heavy atom. The molecule has 0 aromatic carbocycles. The molecule has 0 fully saturated rings. The molecule has 0 saturated heterocycles. The van der Waals surface area contributed by atoms with Gasteiger partial charge >= 0.3 is 0 Å². The van der Waals surface area contributed by atoms with Gasteiger partial charge < -0.3 is 5.11 Å². The molecule has 0 aromatic rings. The van der Waals surface area contributed by atoms with E-state index >= 15 is 0 Å². The number of rotatable bonds is 3. The Morgan fingerprint density at radius 2 is 2.29 bits per heavy atom. The Bertz CT molecular complexity index is 312. The quantitative estimate of drug-likeness (QED) is 0.708. The number of aliphatic hydroxyl groups excluding tert-OH is 1. The van der Waals surface area contributed by atoms with Gasteiger partial charge in [0, 0.05) is 4.91 Å². The van der Waals surface area contributed by atoms with E-state index in [9.17, 15) is 5.11 Å². The minimum Gasteiger partial charge on any atom is -0.510 e. The third-order valence-electron chi connectivity index (χ3n) is 2.05. The first kappa shape index (κ1) is 11.2. The molecule has 0 spiro atoms. The molecule has 1 rings (SSSR count). The molecule has 0 unspecified atom stereocenters. The topological polar surface area (TPSA) is 20.2 Å². The second-order valence-electron chi connectivity index (χ2n) is 3.40. The van der Waals surface area contributed by atoms with Crippen LogP contribution in [0.2, 0.25) is 0 Å². The van der Waals surface area contributed by atoms with Crippen molar-refractivity contribution in [2.45, 2.75) is 25.0 Å². The van der Waals surface area contributed by atoms with Crippen LogP contribution in [-0.2, 0) is 0 Å². The van der Waals surface area contributed by atoms with E-state index in [1.54, 1.807) is 17.8 Å². The smallest absolute Gasteiger partial charge is 0.113 e. The van der Waals surface area contributed by atoms with Crippen LogP contribution in [0.25, 0.3) is 0 Å². The Labute approximate surface area is 89.9 Å². The highest BCUT2D eigenvalue weighted by Crippen LogP contribution is 2.44. The summed E-state index contributed by atoms with van der Waals surface area (Å²) in [5.41, 5.74) is 0. The van der Waals surface area contributed by atoms with Crippen molar-refractivity contribution < 1.29 is 5.11 Å². The van der Waals surface area contributed by atoms with Crippen molar-refractivity contribution in [3.63, 3.8) is 0 Å². The van der Waals surface area contributed by atoms with Crippen molar-refractivity contribution in [3.8, 4) is 0 Å². The van der Waals surface area contributed by atoms with Gasteiger partial charge in [-0.05, 0) is 19.4 Å². The van der Waals surface area contributed by atoms with E-state index in [0.717, 1.165) is 11.3 Å². The van der Waals surface area contributed by atoms with E-state index in [2.05, 4.69) is 19.6 Å². The molecular formula is C12H16OS. The van der Waals surface area contributed by atoms with Gasteiger partial charge in [0.2, 0.25) is 0 Å². The van der Waals surface area contributed by atoms with Crippen molar-refractivity contribution in [2.75, 3.05) is 0 Å². The van der Waals surface area contributed by atoms with Crippen molar-refractivity contribution >= 4 is 11.8 Å². The average Bonchev–Trinajstić information content (AvgIpc) is 2.36. The Kier molecular flexibility index (Phi) is 3.64. The van der Waals surface area contributed by atoms with Crippen molar-refractivity contribution in [2.24, 2.45) is 0 Å². The number of hydrogen-bond donors (Lipinski definition) is 1. The monoisotopic (exact) mass is 208 g/mol. The van der Waals surface area contributed by atoms with Gasteiger partial charge in [-0.25, -0.2) is 0 Å². The van der Waals surface area contributed by atoms with Gasteiger partial charge in [0.25, 0.3) is 0 Å². The molecule has 1 atom stereocenters. The summed E-state index contributed by atoms with van der Waals surface area (Å²) < 4.78 is -0.324. The average molecular weight is 208 g/mol. The molecule has 1 nitrogen and oxygen atoms in total. The highest BCUT2D eigenvalue weighted by Gasteiger charge is 2.32. The summed E-state index contributed by atoms with van der Waals surface area (Å²) in [4.78, 5) is 0.911. The minimum absolute atomic E-state index is 0.324. The lowest BCUT2D eigenvalue weighted by Gasteiger charge is -2.17. The summed E-state index contributed by atoms with van der Waals surface area (Å²) in [5, 5.41) is 9.68. The first-order valence-electron chi connectivity index (χ1n) is 4.72. The van der Waals surface area contributed by atoms with E-state index in [-0.39, 0.29) is 4.75 Å². The zero-order valence-electron chi connectivity index (χ0n) is 8.66. The predicted octanol–water partition coefficient (Wildman–Crippen LogP) is 3.97. The van der Waals surface area contributed by atoms with Gasteiger partial charge in [-0.15, -0.1) is 11.8 Å². The van der Waals surface area contributed by atoms with Gasteiger partial charge in [0.05, 0.1) is 4.75 Å². The molecule has 14 heavy (non-hydrogen) atoms. The molecule has 0 saturated carbocycles. The van der Waals surface area contributed by atoms with Crippen molar-refractivity contribution in [3.05, 3.63) is 47.6 Å². The third-order valence-corrected chi connectivity index (χ3v) is 3.20. The zero-order valence-corrected chi connectivity index (χ0v) is 9.47. The maximum atomic E-state index is 9.68. The first-order valence-corrected chi connectivity index (χ1v) is 5.53. The maximum Gasteiger partial charge on any atom is 0.113 e. The van der Waals surface area contributed by atoms with Gasteiger partial charge in [0.1, 0.15) is 5.76 Å². The molecule has 0 radical (unpaired) electrons. The van der Waals surface area contributed by atoms with E-state index in [4.69, 9.17) is 0 Å². The summed E-state index contributed by atoms with van der Waals surface area (Å²) in [6.45, 7) is 7.90. The normalized spacial score (nSPS) is 27.9. The molecule has 2 heteroatoms.